The second kappa shape index (κ2) is 6.38. The van der Waals surface area contributed by atoms with Crippen LogP contribution in [0, 0.1) is 16.7 Å². The van der Waals surface area contributed by atoms with Gasteiger partial charge < -0.3 is 15.2 Å². The number of ether oxygens (including phenoxy) is 1. The van der Waals surface area contributed by atoms with Crippen LogP contribution in [-0.2, 0) is 4.74 Å². The van der Waals surface area contributed by atoms with Crippen molar-refractivity contribution in [2.75, 3.05) is 31.7 Å². The van der Waals surface area contributed by atoms with Gasteiger partial charge in [-0.1, -0.05) is 15.9 Å². The van der Waals surface area contributed by atoms with Gasteiger partial charge in [0.15, 0.2) is 0 Å². The van der Waals surface area contributed by atoms with E-state index in [0.29, 0.717) is 18.7 Å². The summed E-state index contributed by atoms with van der Waals surface area (Å²) in [4.78, 5) is 0. The fraction of sp³-hybridized carbons (Fsp3) is 0.500. The average Bonchev–Trinajstić information content (AvgIpc) is 2.86. The molecule has 1 unspecified atom stereocenters. The summed E-state index contributed by atoms with van der Waals surface area (Å²) in [5.41, 5.74) is 1.43. The molecule has 1 saturated heterocycles. The van der Waals surface area contributed by atoms with Gasteiger partial charge in [0.25, 0.3) is 0 Å². The minimum Gasteiger partial charge on any atom is -0.396 e. The van der Waals surface area contributed by atoms with Crippen molar-refractivity contribution in [2.45, 2.75) is 12.8 Å². The molecule has 1 atom stereocenters. The third-order valence-corrected chi connectivity index (χ3v) is 4.08. The molecular formula is C14H17BrN2O2. The summed E-state index contributed by atoms with van der Waals surface area (Å²) in [6.45, 7) is 2.28. The molecule has 1 fully saturated rings. The molecule has 1 aliphatic rings. The molecule has 0 bridgehead atoms. The van der Waals surface area contributed by atoms with Crippen molar-refractivity contribution in [1.29, 1.82) is 5.26 Å². The number of hydrogen-bond acceptors (Lipinski definition) is 4. The summed E-state index contributed by atoms with van der Waals surface area (Å²) in [5, 5.41) is 21.6. The number of hydrogen-bond donors (Lipinski definition) is 2. The first-order valence-electron chi connectivity index (χ1n) is 6.31. The SMILES string of the molecule is N#Cc1cc(Br)ccc1NCC1(CCO)CCOC1. The molecular weight excluding hydrogens is 308 g/mol. The van der Waals surface area contributed by atoms with Crippen LogP contribution in [0.3, 0.4) is 0 Å². The highest BCUT2D eigenvalue weighted by Gasteiger charge is 2.34. The highest BCUT2D eigenvalue weighted by atomic mass is 79.9. The average molecular weight is 325 g/mol. The summed E-state index contributed by atoms with van der Waals surface area (Å²) < 4.78 is 6.35. The largest absolute Gasteiger partial charge is 0.396 e. The van der Waals surface area contributed by atoms with Gasteiger partial charge in [-0.25, -0.2) is 0 Å². The van der Waals surface area contributed by atoms with Gasteiger partial charge in [0, 0.05) is 29.6 Å². The number of halogens is 1. The van der Waals surface area contributed by atoms with E-state index in [1.807, 2.05) is 12.1 Å². The first-order valence-corrected chi connectivity index (χ1v) is 7.10. The van der Waals surface area contributed by atoms with E-state index >= 15 is 0 Å². The summed E-state index contributed by atoms with van der Waals surface area (Å²) in [7, 11) is 0. The lowest BCUT2D eigenvalue weighted by Gasteiger charge is -2.27. The van der Waals surface area contributed by atoms with Crippen molar-refractivity contribution in [2.24, 2.45) is 5.41 Å². The van der Waals surface area contributed by atoms with E-state index in [1.165, 1.54) is 0 Å². The predicted molar refractivity (Wildman–Crippen MR) is 76.9 cm³/mol. The lowest BCUT2D eigenvalue weighted by Crippen LogP contribution is -2.31. The smallest absolute Gasteiger partial charge is 0.101 e. The predicted octanol–water partition coefficient (Wildman–Crippen LogP) is 2.52. The van der Waals surface area contributed by atoms with Gasteiger partial charge in [0.1, 0.15) is 6.07 Å². The fourth-order valence-corrected chi connectivity index (χ4v) is 2.72. The van der Waals surface area contributed by atoms with E-state index in [4.69, 9.17) is 10.00 Å². The topological polar surface area (TPSA) is 65.3 Å². The molecule has 4 nitrogen and oxygen atoms in total. The molecule has 1 aliphatic heterocycles. The van der Waals surface area contributed by atoms with Gasteiger partial charge in [-0.05, 0) is 31.0 Å². The maximum atomic E-state index is 9.18. The van der Waals surface area contributed by atoms with Crippen molar-refractivity contribution >= 4 is 21.6 Å². The van der Waals surface area contributed by atoms with Gasteiger partial charge in [-0.2, -0.15) is 5.26 Å². The minimum atomic E-state index is -0.0193. The molecule has 19 heavy (non-hydrogen) atoms. The van der Waals surface area contributed by atoms with Crippen molar-refractivity contribution < 1.29 is 9.84 Å². The maximum absolute atomic E-state index is 9.18. The van der Waals surface area contributed by atoms with Crippen molar-refractivity contribution in [3.05, 3.63) is 28.2 Å². The number of aliphatic hydroxyl groups is 1. The van der Waals surface area contributed by atoms with Gasteiger partial charge in [0.2, 0.25) is 0 Å². The zero-order valence-electron chi connectivity index (χ0n) is 10.7. The van der Waals surface area contributed by atoms with Gasteiger partial charge in [0.05, 0.1) is 17.9 Å². The molecule has 0 saturated carbocycles. The van der Waals surface area contributed by atoms with Crippen LogP contribution in [0.4, 0.5) is 5.69 Å². The number of rotatable bonds is 5. The highest BCUT2D eigenvalue weighted by Crippen LogP contribution is 2.33. The fourth-order valence-electron chi connectivity index (χ4n) is 2.36. The second-order valence-electron chi connectivity index (χ2n) is 4.93. The molecule has 102 valence electrons. The van der Waals surface area contributed by atoms with E-state index in [1.54, 1.807) is 6.07 Å². The molecule has 1 heterocycles. The van der Waals surface area contributed by atoms with E-state index in [0.717, 1.165) is 29.6 Å². The molecule has 1 aromatic carbocycles. The number of nitrogens with zero attached hydrogens (tertiary/aromatic N) is 1. The van der Waals surface area contributed by atoms with Crippen LogP contribution in [0.5, 0.6) is 0 Å². The summed E-state index contributed by atoms with van der Waals surface area (Å²) in [6.07, 6.45) is 1.66. The number of anilines is 1. The van der Waals surface area contributed by atoms with E-state index in [2.05, 4.69) is 27.3 Å². The van der Waals surface area contributed by atoms with Crippen molar-refractivity contribution in [3.8, 4) is 6.07 Å². The van der Waals surface area contributed by atoms with Crippen LogP contribution < -0.4 is 5.32 Å². The number of nitriles is 1. The summed E-state index contributed by atoms with van der Waals surface area (Å²) in [6, 6.07) is 7.78. The van der Waals surface area contributed by atoms with Gasteiger partial charge in [-0.15, -0.1) is 0 Å². The lowest BCUT2D eigenvalue weighted by atomic mass is 9.84. The third kappa shape index (κ3) is 3.47. The van der Waals surface area contributed by atoms with Crippen LogP contribution >= 0.6 is 15.9 Å². The van der Waals surface area contributed by atoms with Crippen LogP contribution in [0.25, 0.3) is 0 Å². The molecule has 1 aromatic rings. The quantitative estimate of drug-likeness (QED) is 0.873. The Morgan fingerprint density at radius 3 is 3.00 bits per heavy atom. The molecule has 0 amide bonds. The Morgan fingerprint density at radius 2 is 2.37 bits per heavy atom. The summed E-state index contributed by atoms with van der Waals surface area (Å²) >= 11 is 3.36. The van der Waals surface area contributed by atoms with Crippen LogP contribution in [0.1, 0.15) is 18.4 Å². The normalized spacial score (nSPS) is 22.2. The zero-order valence-corrected chi connectivity index (χ0v) is 12.2. The van der Waals surface area contributed by atoms with Crippen LogP contribution in [-0.4, -0.2) is 31.5 Å². The molecule has 0 aliphatic carbocycles. The van der Waals surface area contributed by atoms with Crippen LogP contribution in [0.2, 0.25) is 0 Å². The Morgan fingerprint density at radius 1 is 1.53 bits per heavy atom. The first kappa shape index (κ1) is 14.3. The zero-order chi connectivity index (χ0) is 13.7. The maximum Gasteiger partial charge on any atom is 0.101 e. The second-order valence-corrected chi connectivity index (χ2v) is 5.85. The highest BCUT2D eigenvalue weighted by molar-refractivity contribution is 9.10. The van der Waals surface area contributed by atoms with Crippen LogP contribution in [0.15, 0.2) is 22.7 Å². The molecule has 2 N–H and O–H groups in total. The number of aliphatic hydroxyl groups excluding tert-OH is 1. The Kier molecular flexibility index (Phi) is 4.81. The Bertz CT molecular complexity index is 479. The molecule has 0 radical (unpaired) electrons. The first-order chi connectivity index (χ1) is 9.19. The lowest BCUT2D eigenvalue weighted by molar-refractivity contribution is 0.133. The van der Waals surface area contributed by atoms with E-state index in [-0.39, 0.29) is 12.0 Å². The molecule has 5 heteroatoms. The molecule has 2 rings (SSSR count). The van der Waals surface area contributed by atoms with E-state index < -0.39 is 0 Å². The van der Waals surface area contributed by atoms with Crippen molar-refractivity contribution in [3.63, 3.8) is 0 Å². The monoisotopic (exact) mass is 324 g/mol. The van der Waals surface area contributed by atoms with Gasteiger partial charge in [-0.3, -0.25) is 0 Å². The van der Waals surface area contributed by atoms with E-state index in [9.17, 15) is 5.11 Å². The minimum absolute atomic E-state index is 0.0193. The summed E-state index contributed by atoms with van der Waals surface area (Å²) in [5.74, 6) is 0. The van der Waals surface area contributed by atoms with Gasteiger partial charge >= 0.3 is 0 Å². The Hall–Kier alpha value is -1.09. The molecule has 0 spiro atoms. The third-order valence-electron chi connectivity index (χ3n) is 3.58. The number of benzene rings is 1. The standard InChI is InChI=1S/C14H17BrN2O2/c15-12-1-2-13(11(7-12)8-16)17-9-14(3-5-18)4-6-19-10-14/h1-2,7,17-18H,3-6,9-10H2. The van der Waals surface area contributed by atoms with Crippen molar-refractivity contribution in [1.82, 2.24) is 0 Å². The number of nitrogens with one attached hydrogen (secondary N) is 1. The molecule has 0 aromatic heterocycles. The Balaban J connectivity index is 2.07. The Labute approximate surface area is 121 Å².